The maximum atomic E-state index is 5.93. The minimum absolute atomic E-state index is 0.634. The molecule has 1 fully saturated rings. The van der Waals surface area contributed by atoms with E-state index in [1.165, 1.54) is 38.6 Å². The van der Waals surface area contributed by atoms with Crippen LogP contribution in [0.2, 0.25) is 0 Å². The van der Waals surface area contributed by atoms with E-state index in [0.717, 1.165) is 18.5 Å². The molecule has 1 saturated heterocycles. The fourth-order valence-corrected chi connectivity index (χ4v) is 3.04. The normalized spacial score (nSPS) is 30.4. The zero-order valence-corrected chi connectivity index (χ0v) is 10.7. The highest BCUT2D eigenvalue weighted by Crippen LogP contribution is 2.26. The molecule has 1 aliphatic rings. The molecule has 90 valence electrons. The van der Waals surface area contributed by atoms with Crippen LogP contribution in [0.5, 0.6) is 0 Å². The van der Waals surface area contributed by atoms with Gasteiger partial charge in [0.1, 0.15) is 0 Å². The summed E-state index contributed by atoms with van der Waals surface area (Å²) in [5, 5.41) is 0. The van der Waals surface area contributed by atoms with Crippen molar-refractivity contribution in [1.82, 2.24) is 4.90 Å². The number of hydrogen-bond donors (Lipinski definition) is 1. The first-order valence-electron chi connectivity index (χ1n) is 6.70. The van der Waals surface area contributed by atoms with E-state index < -0.39 is 0 Å². The van der Waals surface area contributed by atoms with Crippen LogP contribution < -0.4 is 5.73 Å². The van der Waals surface area contributed by atoms with Crippen molar-refractivity contribution in [3.05, 3.63) is 0 Å². The number of nitrogens with two attached hydrogens (primary N) is 1. The van der Waals surface area contributed by atoms with E-state index in [0.29, 0.717) is 6.04 Å². The molecule has 2 heteroatoms. The van der Waals surface area contributed by atoms with E-state index in [-0.39, 0.29) is 0 Å². The van der Waals surface area contributed by atoms with Gasteiger partial charge in [0.15, 0.2) is 0 Å². The molecule has 0 saturated carbocycles. The third kappa shape index (κ3) is 3.18. The Kier molecular flexibility index (Phi) is 5.62. The fourth-order valence-electron chi connectivity index (χ4n) is 3.04. The number of rotatable bonds is 5. The minimum atomic E-state index is 0.634. The second-order valence-corrected chi connectivity index (χ2v) is 5.01. The highest BCUT2D eigenvalue weighted by atomic mass is 15.2. The summed E-state index contributed by atoms with van der Waals surface area (Å²) < 4.78 is 0. The van der Waals surface area contributed by atoms with E-state index in [2.05, 4.69) is 25.7 Å². The molecule has 0 radical (unpaired) electrons. The standard InChI is InChI=1S/C13H28N2/c1-4-7-12(5-2)15-9-6-8-11(3)13(15)10-14/h11-13H,4-10,14H2,1-3H3. The van der Waals surface area contributed by atoms with Crippen molar-refractivity contribution in [2.75, 3.05) is 13.1 Å². The van der Waals surface area contributed by atoms with Gasteiger partial charge in [-0.25, -0.2) is 0 Å². The maximum absolute atomic E-state index is 5.93. The molecule has 0 amide bonds. The van der Waals surface area contributed by atoms with Crippen LogP contribution in [0.25, 0.3) is 0 Å². The van der Waals surface area contributed by atoms with Crippen LogP contribution in [0, 0.1) is 5.92 Å². The predicted molar refractivity (Wildman–Crippen MR) is 66.9 cm³/mol. The van der Waals surface area contributed by atoms with Crippen LogP contribution in [0.3, 0.4) is 0 Å². The van der Waals surface area contributed by atoms with E-state index >= 15 is 0 Å². The fraction of sp³-hybridized carbons (Fsp3) is 1.00. The first-order valence-corrected chi connectivity index (χ1v) is 6.70. The molecule has 1 aliphatic heterocycles. The summed E-state index contributed by atoms with van der Waals surface area (Å²) in [5.41, 5.74) is 5.93. The summed E-state index contributed by atoms with van der Waals surface area (Å²) in [7, 11) is 0. The SMILES string of the molecule is CCCC(CC)N1CCCC(C)C1CN. The molecular weight excluding hydrogens is 184 g/mol. The first-order chi connectivity index (χ1) is 7.24. The van der Waals surface area contributed by atoms with Crippen molar-refractivity contribution < 1.29 is 0 Å². The molecule has 0 aromatic rings. The number of nitrogens with zero attached hydrogens (tertiary/aromatic N) is 1. The van der Waals surface area contributed by atoms with Crippen molar-refractivity contribution in [1.29, 1.82) is 0 Å². The Bertz CT molecular complexity index is 170. The molecule has 1 rings (SSSR count). The average molecular weight is 212 g/mol. The quantitative estimate of drug-likeness (QED) is 0.759. The van der Waals surface area contributed by atoms with Gasteiger partial charge in [-0.2, -0.15) is 0 Å². The Morgan fingerprint density at radius 2 is 2.13 bits per heavy atom. The van der Waals surface area contributed by atoms with Gasteiger partial charge in [-0.1, -0.05) is 27.2 Å². The molecule has 15 heavy (non-hydrogen) atoms. The summed E-state index contributed by atoms with van der Waals surface area (Å²) in [5.74, 6) is 0.787. The van der Waals surface area contributed by atoms with Gasteiger partial charge in [0, 0.05) is 18.6 Å². The monoisotopic (exact) mass is 212 g/mol. The van der Waals surface area contributed by atoms with Crippen LogP contribution in [0.1, 0.15) is 52.9 Å². The lowest BCUT2D eigenvalue weighted by molar-refractivity contribution is 0.0559. The maximum Gasteiger partial charge on any atom is 0.0246 e. The van der Waals surface area contributed by atoms with Gasteiger partial charge in [-0.15, -0.1) is 0 Å². The zero-order chi connectivity index (χ0) is 11.3. The predicted octanol–water partition coefficient (Wildman–Crippen LogP) is 2.62. The van der Waals surface area contributed by atoms with Crippen LogP contribution >= 0.6 is 0 Å². The topological polar surface area (TPSA) is 29.3 Å². The number of piperidine rings is 1. The molecule has 3 atom stereocenters. The van der Waals surface area contributed by atoms with Gasteiger partial charge >= 0.3 is 0 Å². The van der Waals surface area contributed by atoms with Gasteiger partial charge in [-0.05, 0) is 38.1 Å². The molecule has 3 unspecified atom stereocenters. The van der Waals surface area contributed by atoms with Crippen molar-refractivity contribution in [2.24, 2.45) is 11.7 Å². The average Bonchev–Trinajstić information content (AvgIpc) is 2.25. The summed E-state index contributed by atoms with van der Waals surface area (Å²) in [6.45, 7) is 9.06. The largest absolute Gasteiger partial charge is 0.329 e. The third-order valence-corrected chi connectivity index (χ3v) is 3.96. The molecule has 0 aromatic heterocycles. The van der Waals surface area contributed by atoms with Crippen molar-refractivity contribution in [3.63, 3.8) is 0 Å². The summed E-state index contributed by atoms with van der Waals surface area (Å²) in [6, 6.07) is 1.40. The van der Waals surface area contributed by atoms with Gasteiger partial charge in [0.25, 0.3) is 0 Å². The lowest BCUT2D eigenvalue weighted by Gasteiger charge is -2.44. The number of hydrogen-bond acceptors (Lipinski definition) is 2. The second kappa shape index (κ2) is 6.49. The summed E-state index contributed by atoms with van der Waals surface area (Å²) in [4.78, 5) is 2.69. The van der Waals surface area contributed by atoms with E-state index in [1.807, 2.05) is 0 Å². The lowest BCUT2D eigenvalue weighted by atomic mass is 9.88. The Hall–Kier alpha value is -0.0800. The Labute approximate surface area is 95.2 Å². The van der Waals surface area contributed by atoms with E-state index in [4.69, 9.17) is 5.73 Å². The smallest absolute Gasteiger partial charge is 0.0246 e. The second-order valence-electron chi connectivity index (χ2n) is 5.01. The Morgan fingerprint density at radius 3 is 2.67 bits per heavy atom. The zero-order valence-electron chi connectivity index (χ0n) is 10.7. The molecule has 0 spiro atoms. The molecule has 0 aliphatic carbocycles. The van der Waals surface area contributed by atoms with Gasteiger partial charge in [-0.3, -0.25) is 4.90 Å². The number of likely N-dealkylation sites (tertiary alicyclic amines) is 1. The van der Waals surface area contributed by atoms with Gasteiger partial charge in [0.05, 0.1) is 0 Å². The van der Waals surface area contributed by atoms with Crippen LogP contribution in [-0.4, -0.2) is 30.1 Å². The van der Waals surface area contributed by atoms with Crippen LogP contribution in [0.4, 0.5) is 0 Å². The van der Waals surface area contributed by atoms with Crippen molar-refractivity contribution in [2.45, 2.75) is 65.0 Å². The van der Waals surface area contributed by atoms with Crippen LogP contribution in [0.15, 0.2) is 0 Å². The van der Waals surface area contributed by atoms with Crippen LogP contribution in [-0.2, 0) is 0 Å². The molecule has 1 heterocycles. The molecule has 0 aromatic carbocycles. The Morgan fingerprint density at radius 1 is 1.40 bits per heavy atom. The summed E-state index contributed by atoms with van der Waals surface area (Å²) in [6.07, 6.45) is 6.62. The molecule has 2 N–H and O–H groups in total. The summed E-state index contributed by atoms with van der Waals surface area (Å²) >= 11 is 0. The molecule has 0 bridgehead atoms. The van der Waals surface area contributed by atoms with Gasteiger partial charge < -0.3 is 5.73 Å². The third-order valence-electron chi connectivity index (χ3n) is 3.96. The lowest BCUT2D eigenvalue weighted by Crippen LogP contribution is -2.52. The van der Waals surface area contributed by atoms with E-state index in [9.17, 15) is 0 Å². The highest BCUT2D eigenvalue weighted by molar-refractivity contribution is 4.86. The van der Waals surface area contributed by atoms with E-state index in [1.54, 1.807) is 0 Å². The minimum Gasteiger partial charge on any atom is -0.329 e. The molecular formula is C13H28N2. The molecule has 2 nitrogen and oxygen atoms in total. The van der Waals surface area contributed by atoms with Gasteiger partial charge in [0.2, 0.25) is 0 Å². The van der Waals surface area contributed by atoms with Crippen molar-refractivity contribution >= 4 is 0 Å². The highest BCUT2D eigenvalue weighted by Gasteiger charge is 2.30. The Balaban J connectivity index is 2.62. The van der Waals surface area contributed by atoms with Crippen molar-refractivity contribution in [3.8, 4) is 0 Å². The first kappa shape index (κ1) is 13.0.